The minimum Gasteiger partial charge on any atom is -0.381 e. The largest absolute Gasteiger partial charge is 0.381 e. The van der Waals surface area contributed by atoms with Crippen LogP contribution in [-0.4, -0.2) is 25.3 Å². The topological polar surface area (TPSA) is 68.9 Å². The number of hydrogen-bond acceptors (Lipinski definition) is 3. The Morgan fingerprint density at radius 3 is 2.52 bits per heavy atom. The number of ether oxygens (including phenoxy) is 2. The highest BCUT2D eigenvalue weighted by Gasteiger charge is 2.13. The highest BCUT2D eigenvalue weighted by atomic mass is 127. The minimum absolute atomic E-state index is 0. The number of halogens is 1. The number of anilines is 1. The van der Waals surface area contributed by atoms with Crippen molar-refractivity contribution in [1.82, 2.24) is 0 Å². The van der Waals surface area contributed by atoms with Crippen molar-refractivity contribution in [2.24, 2.45) is 10.7 Å². The smallest absolute Gasteiger partial charge is 0.193 e. The summed E-state index contributed by atoms with van der Waals surface area (Å²) in [6, 6.07) is 16.6. The van der Waals surface area contributed by atoms with Crippen LogP contribution in [0.3, 0.4) is 0 Å². The van der Waals surface area contributed by atoms with Gasteiger partial charge in [0.05, 0.1) is 19.3 Å². The summed E-state index contributed by atoms with van der Waals surface area (Å²) in [6.45, 7) is 7.15. The van der Waals surface area contributed by atoms with Gasteiger partial charge in [-0.3, -0.25) is 0 Å². The molecule has 0 amide bonds. The lowest BCUT2D eigenvalue weighted by atomic mass is 10.0. The Labute approximate surface area is 191 Å². The standard InChI is InChI=1S/C23H31N3O2.HI/c1-17(2)20-4-3-5-21(14-20)26-23(24)25-15-18-6-8-19(9-7-18)16-28-22-10-12-27-13-11-22;/h3-9,14,17,22H,10-13,15-16H2,1-2H3,(H3,24,25,26);1H. The van der Waals surface area contributed by atoms with Gasteiger partial charge >= 0.3 is 0 Å². The second-order valence-electron chi connectivity index (χ2n) is 7.55. The Balaban J connectivity index is 0.00000300. The van der Waals surface area contributed by atoms with Crippen LogP contribution in [-0.2, 0) is 22.6 Å². The molecule has 0 atom stereocenters. The van der Waals surface area contributed by atoms with Gasteiger partial charge < -0.3 is 20.5 Å². The molecule has 1 heterocycles. The minimum atomic E-state index is 0. The molecule has 2 aromatic carbocycles. The molecular weight excluding hydrogens is 477 g/mol. The van der Waals surface area contributed by atoms with E-state index in [0.717, 1.165) is 37.3 Å². The van der Waals surface area contributed by atoms with Gasteiger partial charge in [0.1, 0.15) is 0 Å². The van der Waals surface area contributed by atoms with Crippen LogP contribution in [0.1, 0.15) is 49.3 Å². The van der Waals surface area contributed by atoms with Crippen LogP contribution in [0.15, 0.2) is 53.5 Å². The van der Waals surface area contributed by atoms with Crippen molar-refractivity contribution in [3.8, 4) is 0 Å². The Morgan fingerprint density at radius 1 is 1.14 bits per heavy atom. The van der Waals surface area contributed by atoms with E-state index in [-0.39, 0.29) is 24.0 Å². The van der Waals surface area contributed by atoms with Crippen molar-refractivity contribution >= 4 is 35.6 Å². The maximum atomic E-state index is 6.05. The van der Waals surface area contributed by atoms with E-state index in [1.165, 1.54) is 11.1 Å². The van der Waals surface area contributed by atoms with E-state index < -0.39 is 0 Å². The zero-order valence-corrected chi connectivity index (χ0v) is 19.6. The summed E-state index contributed by atoms with van der Waals surface area (Å²) in [7, 11) is 0. The molecule has 3 rings (SSSR count). The van der Waals surface area contributed by atoms with E-state index in [9.17, 15) is 0 Å². The molecule has 0 unspecified atom stereocenters. The number of aliphatic imine (C=N–C) groups is 1. The molecule has 0 aliphatic carbocycles. The van der Waals surface area contributed by atoms with Crippen LogP contribution in [0.5, 0.6) is 0 Å². The molecule has 0 spiro atoms. The third-order valence-corrected chi connectivity index (χ3v) is 4.93. The van der Waals surface area contributed by atoms with Gasteiger partial charge in [-0.2, -0.15) is 0 Å². The molecule has 0 aromatic heterocycles. The maximum absolute atomic E-state index is 6.05. The molecule has 0 saturated carbocycles. The van der Waals surface area contributed by atoms with E-state index in [1.54, 1.807) is 0 Å². The van der Waals surface area contributed by atoms with Crippen LogP contribution in [0.25, 0.3) is 0 Å². The zero-order valence-electron chi connectivity index (χ0n) is 17.3. The average Bonchev–Trinajstić information content (AvgIpc) is 2.72. The van der Waals surface area contributed by atoms with Gasteiger partial charge in [0, 0.05) is 18.9 Å². The van der Waals surface area contributed by atoms with Crippen LogP contribution < -0.4 is 11.1 Å². The lowest BCUT2D eigenvalue weighted by molar-refractivity contribution is -0.0390. The maximum Gasteiger partial charge on any atom is 0.193 e. The summed E-state index contributed by atoms with van der Waals surface area (Å²) < 4.78 is 11.3. The van der Waals surface area contributed by atoms with Crippen molar-refractivity contribution in [1.29, 1.82) is 0 Å². The van der Waals surface area contributed by atoms with E-state index in [4.69, 9.17) is 15.2 Å². The molecule has 3 N–H and O–H groups in total. The van der Waals surface area contributed by atoms with Crippen LogP contribution in [0.4, 0.5) is 5.69 Å². The number of nitrogens with two attached hydrogens (primary N) is 1. The number of rotatable bonds is 7. The number of hydrogen-bond donors (Lipinski definition) is 2. The zero-order chi connectivity index (χ0) is 19.8. The first-order valence-corrected chi connectivity index (χ1v) is 10.0. The fourth-order valence-corrected chi connectivity index (χ4v) is 3.14. The number of nitrogens with one attached hydrogen (secondary N) is 1. The number of benzene rings is 2. The Kier molecular flexibility index (Phi) is 9.90. The normalized spacial score (nSPS) is 15.2. The molecule has 1 aliphatic rings. The van der Waals surface area contributed by atoms with E-state index >= 15 is 0 Å². The van der Waals surface area contributed by atoms with E-state index in [1.807, 2.05) is 12.1 Å². The lowest BCUT2D eigenvalue weighted by Gasteiger charge is -2.22. The van der Waals surface area contributed by atoms with Crippen molar-refractivity contribution in [3.05, 3.63) is 65.2 Å². The van der Waals surface area contributed by atoms with Gasteiger partial charge in [0.2, 0.25) is 0 Å². The van der Waals surface area contributed by atoms with Crippen molar-refractivity contribution in [2.75, 3.05) is 18.5 Å². The fourth-order valence-electron chi connectivity index (χ4n) is 3.14. The highest BCUT2D eigenvalue weighted by Crippen LogP contribution is 2.18. The van der Waals surface area contributed by atoms with Crippen molar-refractivity contribution in [2.45, 2.75) is 51.9 Å². The first-order valence-electron chi connectivity index (χ1n) is 10.0. The highest BCUT2D eigenvalue weighted by molar-refractivity contribution is 14.0. The van der Waals surface area contributed by atoms with Gasteiger partial charge in [0.25, 0.3) is 0 Å². The SMILES string of the molecule is CC(C)c1cccc(NC(N)=NCc2ccc(COC3CCOCC3)cc2)c1.I. The average molecular weight is 509 g/mol. The third kappa shape index (κ3) is 7.95. The Hall–Kier alpha value is -1.64. The molecule has 158 valence electrons. The summed E-state index contributed by atoms with van der Waals surface area (Å²) in [5, 5.41) is 3.17. The Morgan fingerprint density at radius 2 is 1.83 bits per heavy atom. The number of nitrogens with zero attached hydrogens (tertiary/aromatic N) is 1. The molecule has 1 aliphatic heterocycles. The molecule has 1 fully saturated rings. The van der Waals surface area contributed by atoms with Crippen LogP contribution in [0.2, 0.25) is 0 Å². The van der Waals surface area contributed by atoms with Gasteiger partial charge in [0.15, 0.2) is 5.96 Å². The monoisotopic (exact) mass is 509 g/mol. The first-order chi connectivity index (χ1) is 13.6. The third-order valence-electron chi connectivity index (χ3n) is 4.93. The second-order valence-corrected chi connectivity index (χ2v) is 7.55. The molecule has 2 aromatic rings. The molecule has 5 nitrogen and oxygen atoms in total. The quantitative estimate of drug-likeness (QED) is 0.312. The first kappa shape index (κ1) is 23.6. The predicted molar refractivity (Wildman–Crippen MR) is 130 cm³/mol. The van der Waals surface area contributed by atoms with Gasteiger partial charge in [-0.05, 0) is 47.6 Å². The summed E-state index contributed by atoms with van der Waals surface area (Å²) in [6.07, 6.45) is 2.29. The van der Waals surface area contributed by atoms with Crippen molar-refractivity contribution in [3.63, 3.8) is 0 Å². The van der Waals surface area contributed by atoms with Gasteiger partial charge in [-0.15, -0.1) is 24.0 Å². The van der Waals surface area contributed by atoms with Gasteiger partial charge in [-0.1, -0.05) is 50.2 Å². The molecular formula is C23H32IN3O2. The molecule has 0 radical (unpaired) electrons. The lowest BCUT2D eigenvalue weighted by Crippen LogP contribution is -2.23. The van der Waals surface area contributed by atoms with E-state index in [2.05, 4.69) is 60.6 Å². The summed E-state index contributed by atoms with van der Waals surface area (Å²) in [4.78, 5) is 4.45. The number of guanidine groups is 1. The van der Waals surface area contributed by atoms with Crippen LogP contribution >= 0.6 is 24.0 Å². The second kappa shape index (κ2) is 12.1. The molecule has 0 bridgehead atoms. The van der Waals surface area contributed by atoms with Crippen molar-refractivity contribution < 1.29 is 9.47 Å². The fraction of sp³-hybridized carbons (Fsp3) is 0.435. The Bertz CT molecular complexity index is 772. The van der Waals surface area contributed by atoms with Gasteiger partial charge in [-0.25, -0.2) is 4.99 Å². The summed E-state index contributed by atoms with van der Waals surface area (Å²) in [5.74, 6) is 0.904. The molecule has 1 saturated heterocycles. The van der Waals surface area contributed by atoms with E-state index in [0.29, 0.717) is 31.1 Å². The predicted octanol–water partition coefficient (Wildman–Crippen LogP) is 5.05. The van der Waals surface area contributed by atoms with Crippen LogP contribution in [0, 0.1) is 0 Å². The summed E-state index contributed by atoms with van der Waals surface area (Å²) >= 11 is 0. The molecule has 29 heavy (non-hydrogen) atoms. The summed E-state index contributed by atoms with van der Waals surface area (Å²) in [5.41, 5.74) is 10.6. The molecule has 6 heteroatoms.